The van der Waals surface area contributed by atoms with Crippen molar-refractivity contribution in [3.05, 3.63) is 30.0 Å². The topological polar surface area (TPSA) is 0 Å². The zero-order valence-corrected chi connectivity index (χ0v) is 4.74. The summed E-state index contributed by atoms with van der Waals surface area (Å²) in [5.74, 6) is 0.846. The van der Waals surface area contributed by atoms with Crippen LogP contribution in [0.3, 0.4) is 0 Å². The standard InChI is InChI=1S/C7H7F/c1-6-3-2-4-7(8)5-6/h4-5H,3H2,1H3. The molecule has 0 saturated heterocycles. The van der Waals surface area contributed by atoms with Crippen LogP contribution in [0.25, 0.3) is 0 Å². The fraction of sp³-hybridized carbons (Fsp3) is 0.286. The van der Waals surface area contributed by atoms with Gasteiger partial charge in [0.1, 0.15) is 5.83 Å². The number of allylic oxidation sites excluding steroid dienone is 4. The largest absolute Gasteiger partial charge is 0.207 e. The van der Waals surface area contributed by atoms with Gasteiger partial charge in [0.15, 0.2) is 0 Å². The van der Waals surface area contributed by atoms with Crippen molar-refractivity contribution in [2.45, 2.75) is 13.3 Å². The fourth-order valence-electron chi connectivity index (χ4n) is 0.638. The van der Waals surface area contributed by atoms with Gasteiger partial charge in [-0.1, -0.05) is 6.92 Å². The minimum Gasteiger partial charge on any atom is -0.207 e. The summed E-state index contributed by atoms with van der Waals surface area (Å²) in [5.41, 5.74) is 0. The molecular formula is C7H7F. The average molecular weight is 110 g/mol. The Morgan fingerprint density at radius 1 is 1.75 bits per heavy atom. The van der Waals surface area contributed by atoms with Gasteiger partial charge in [0.05, 0.1) is 0 Å². The van der Waals surface area contributed by atoms with Crippen molar-refractivity contribution in [2.24, 2.45) is 0 Å². The lowest BCUT2D eigenvalue weighted by atomic mass is 10.0. The summed E-state index contributed by atoms with van der Waals surface area (Å²) in [5, 5.41) is 0. The molecule has 0 heterocycles. The Morgan fingerprint density at radius 2 is 2.50 bits per heavy atom. The summed E-state index contributed by atoms with van der Waals surface area (Å²) >= 11 is 0. The fourth-order valence-corrected chi connectivity index (χ4v) is 0.638. The third-order valence-corrected chi connectivity index (χ3v) is 1.01. The highest BCUT2D eigenvalue weighted by molar-refractivity contribution is 5.24. The van der Waals surface area contributed by atoms with Crippen LogP contribution in [-0.2, 0) is 0 Å². The van der Waals surface area contributed by atoms with Gasteiger partial charge < -0.3 is 0 Å². The minimum atomic E-state index is -0.186. The van der Waals surface area contributed by atoms with Crippen LogP contribution in [0.1, 0.15) is 13.3 Å². The molecule has 1 aliphatic carbocycles. The molecule has 0 bridgehead atoms. The predicted octanol–water partition coefficient (Wildman–Crippen LogP) is 2.20. The normalized spacial score (nSPS) is 21.0. The molecule has 1 heteroatoms. The number of hydrogen-bond acceptors (Lipinski definition) is 0. The van der Waals surface area contributed by atoms with E-state index in [4.69, 9.17) is 0 Å². The SMILES string of the molecule is C[C]1C=C(F)C=[C]C1. The third-order valence-electron chi connectivity index (χ3n) is 1.01. The maximum absolute atomic E-state index is 12.2. The van der Waals surface area contributed by atoms with E-state index in [-0.39, 0.29) is 5.83 Å². The van der Waals surface area contributed by atoms with E-state index in [2.05, 4.69) is 6.08 Å². The Balaban J connectivity index is 2.63. The first-order valence-corrected chi connectivity index (χ1v) is 2.55. The third kappa shape index (κ3) is 1.19. The zero-order valence-electron chi connectivity index (χ0n) is 4.74. The maximum atomic E-state index is 12.2. The van der Waals surface area contributed by atoms with Gasteiger partial charge in [-0.3, -0.25) is 0 Å². The zero-order chi connectivity index (χ0) is 5.98. The van der Waals surface area contributed by atoms with Crippen molar-refractivity contribution in [1.29, 1.82) is 0 Å². The van der Waals surface area contributed by atoms with E-state index in [0.29, 0.717) is 0 Å². The van der Waals surface area contributed by atoms with Crippen LogP contribution in [-0.4, -0.2) is 0 Å². The molecule has 0 aromatic heterocycles. The molecule has 0 unspecified atom stereocenters. The summed E-state index contributed by atoms with van der Waals surface area (Å²) in [7, 11) is 0. The van der Waals surface area contributed by atoms with E-state index in [1.165, 1.54) is 12.2 Å². The molecule has 0 saturated carbocycles. The molecule has 2 radical (unpaired) electrons. The van der Waals surface area contributed by atoms with Gasteiger partial charge in [-0.05, 0) is 24.6 Å². The molecule has 0 aliphatic heterocycles. The molecule has 0 N–H and O–H groups in total. The van der Waals surface area contributed by atoms with Crippen molar-refractivity contribution < 1.29 is 4.39 Å². The second-order valence-electron chi connectivity index (χ2n) is 1.90. The summed E-state index contributed by atoms with van der Waals surface area (Å²) in [6.07, 6.45) is 6.44. The van der Waals surface area contributed by atoms with E-state index in [1.54, 1.807) is 0 Å². The van der Waals surface area contributed by atoms with Crippen LogP contribution in [0.5, 0.6) is 0 Å². The van der Waals surface area contributed by atoms with Gasteiger partial charge in [0, 0.05) is 5.92 Å². The second kappa shape index (κ2) is 2.12. The molecule has 0 spiro atoms. The first kappa shape index (κ1) is 5.54. The summed E-state index contributed by atoms with van der Waals surface area (Å²) < 4.78 is 12.2. The van der Waals surface area contributed by atoms with E-state index in [0.717, 1.165) is 12.3 Å². The van der Waals surface area contributed by atoms with Crippen molar-refractivity contribution >= 4 is 0 Å². The van der Waals surface area contributed by atoms with Crippen LogP contribution in [0.4, 0.5) is 4.39 Å². The Kier molecular flexibility index (Phi) is 1.47. The number of halogens is 1. The molecular weight excluding hydrogens is 103 g/mol. The molecule has 0 aromatic rings. The van der Waals surface area contributed by atoms with Gasteiger partial charge in [-0.2, -0.15) is 0 Å². The van der Waals surface area contributed by atoms with E-state index in [9.17, 15) is 4.39 Å². The van der Waals surface area contributed by atoms with Crippen LogP contribution in [0.15, 0.2) is 18.0 Å². The van der Waals surface area contributed by atoms with Gasteiger partial charge >= 0.3 is 0 Å². The minimum absolute atomic E-state index is 0.186. The van der Waals surface area contributed by atoms with Gasteiger partial charge in [-0.15, -0.1) is 0 Å². The molecule has 0 amide bonds. The van der Waals surface area contributed by atoms with Crippen LogP contribution in [0, 0.1) is 12.0 Å². The first-order valence-electron chi connectivity index (χ1n) is 2.55. The lowest BCUT2D eigenvalue weighted by Gasteiger charge is -2.03. The highest BCUT2D eigenvalue weighted by Gasteiger charge is 2.02. The highest BCUT2D eigenvalue weighted by Crippen LogP contribution is 2.16. The molecule has 0 fully saturated rings. The summed E-state index contributed by atoms with van der Waals surface area (Å²) in [4.78, 5) is 0. The Hall–Kier alpha value is -0.590. The maximum Gasteiger partial charge on any atom is 0.120 e. The average Bonchev–Trinajstić information content (AvgIpc) is 1.64. The lowest BCUT2D eigenvalue weighted by Crippen LogP contribution is -1.89. The molecule has 1 rings (SSSR count). The number of rotatable bonds is 0. The predicted molar refractivity (Wildman–Crippen MR) is 30.5 cm³/mol. The van der Waals surface area contributed by atoms with Crippen LogP contribution < -0.4 is 0 Å². The molecule has 1 aliphatic rings. The lowest BCUT2D eigenvalue weighted by molar-refractivity contribution is 0.654. The highest BCUT2D eigenvalue weighted by atomic mass is 19.1. The first-order chi connectivity index (χ1) is 3.79. The van der Waals surface area contributed by atoms with E-state index in [1.807, 2.05) is 6.92 Å². The van der Waals surface area contributed by atoms with E-state index >= 15 is 0 Å². The van der Waals surface area contributed by atoms with Crippen LogP contribution >= 0.6 is 0 Å². The van der Waals surface area contributed by atoms with Crippen molar-refractivity contribution in [3.63, 3.8) is 0 Å². The summed E-state index contributed by atoms with van der Waals surface area (Å²) in [6, 6.07) is 0. The Morgan fingerprint density at radius 3 is 2.88 bits per heavy atom. The Bertz CT molecular complexity index is 133. The van der Waals surface area contributed by atoms with Gasteiger partial charge in [0.2, 0.25) is 0 Å². The molecule has 8 heavy (non-hydrogen) atoms. The van der Waals surface area contributed by atoms with Crippen molar-refractivity contribution in [3.8, 4) is 0 Å². The van der Waals surface area contributed by atoms with Gasteiger partial charge in [-0.25, -0.2) is 4.39 Å². The van der Waals surface area contributed by atoms with E-state index < -0.39 is 0 Å². The van der Waals surface area contributed by atoms with Crippen LogP contribution in [0.2, 0.25) is 0 Å². The second-order valence-corrected chi connectivity index (χ2v) is 1.90. The van der Waals surface area contributed by atoms with Gasteiger partial charge in [0.25, 0.3) is 0 Å². The smallest absolute Gasteiger partial charge is 0.120 e. The molecule has 0 atom stereocenters. The Labute approximate surface area is 48.7 Å². The monoisotopic (exact) mass is 110 g/mol. The van der Waals surface area contributed by atoms with Crippen molar-refractivity contribution in [2.75, 3.05) is 0 Å². The summed E-state index contributed by atoms with van der Waals surface area (Å²) in [6.45, 7) is 1.89. The quantitative estimate of drug-likeness (QED) is 0.448. The number of hydrogen-bond donors (Lipinski definition) is 0. The van der Waals surface area contributed by atoms with Crippen molar-refractivity contribution in [1.82, 2.24) is 0 Å². The molecule has 0 aromatic carbocycles. The molecule has 42 valence electrons. The molecule has 0 nitrogen and oxygen atoms in total.